The predicted molar refractivity (Wildman–Crippen MR) is 66.8 cm³/mol. The molecule has 108 valence electrons. The van der Waals surface area contributed by atoms with Crippen LogP contribution in [0.1, 0.15) is 26.2 Å². The van der Waals surface area contributed by atoms with Crippen LogP contribution in [0, 0.1) is 28.6 Å². The highest BCUT2D eigenvalue weighted by Crippen LogP contribution is 2.95. The van der Waals surface area contributed by atoms with Gasteiger partial charge in [0.05, 0.1) is 25.4 Å². The van der Waals surface area contributed by atoms with Crippen molar-refractivity contribution in [3.63, 3.8) is 0 Å². The molecular formula is C16H20O4. The van der Waals surface area contributed by atoms with Crippen LogP contribution < -0.4 is 0 Å². The Bertz CT molecular complexity index is 565. The van der Waals surface area contributed by atoms with Crippen LogP contribution in [0.4, 0.5) is 0 Å². The molecule has 20 heavy (non-hydrogen) atoms. The highest BCUT2D eigenvalue weighted by Gasteiger charge is 3.04. The number of fused-ring (bicyclic) bond motifs is 1. The van der Waals surface area contributed by atoms with Gasteiger partial charge in [-0.2, -0.15) is 0 Å². The van der Waals surface area contributed by atoms with Gasteiger partial charge in [-0.15, -0.1) is 0 Å². The Hall–Kier alpha value is -0.160. The summed E-state index contributed by atoms with van der Waals surface area (Å²) >= 11 is 0. The van der Waals surface area contributed by atoms with Crippen molar-refractivity contribution in [3.8, 4) is 0 Å². The zero-order valence-corrected chi connectivity index (χ0v) is 11.8. The molecule has 0 bridgehead atoms. The molecule has 0 aromatic carbocycles. The lowest BCUT2D eigenvalue weighted by Crippen LogP contribution is -2.52. The van der Waals surface area contributed by atoms with Gasteiger partial charge in [-0.05, 0) is 25.2 Å². The lowest BCUT2D eigenvalue weighted by molar-refractivity contribution is -0.236. The standard InChI is InChI=1S/C16H20O4/c1-8-6-17-9-5-14-11-4-10-13(14)2-3-19-16(10,13)20-15(14,7-18-11)12(8)9/h8-12H,2-7H2,1H3/t8-,9?,10?,11?,12?,13?,14?,15?,16+/m1/s1. The lowest BCUT2D eigenvalue weighted by atomic mass is 9.62. The van der Waals surface area contributed by atoms with E-state index in [9.17, 15) is 0 Å². The second kappa shape index (κ2) is 2.51. The molecular weight excluding hydrogens is 256 g/mol. The number of hydrogen-bond donors (Lipinski definition) is 0. The second-order valence-electron chi connectivity index (χ2n) is 8.37. The second-order valence-corrected chi connectivity index (χ2v) is 8.37. The van der Waals surface area contributed by atoms with E-state index in [1.54, 1.807) is 0 Å². The van der Waals surface area contributed by atoms with E-state index in [4.69, 9.17) is 18.9 Å². The van der Waals surface area contributed by atoms with Crippen LogP contribution in [0.25, 0.3) is 0 Å². The molecule has 0 radical (unpaired) electrons. The first kappa shape index (κ1) is 10.5. The SMILES string of the molecule is C[C@@H]1COC2CC34C5CC6C37CCO[C@]67OC4(CO5)C21. The maximum absolute atomic E-state index is 6.87. The maximum Gasteiger partial charge on any atom is 0.179 e. The zero-order valence-electron chi connectivity index (χ0n) is 11.8. The minimum absolute atomic E-state index is 0.0916. The van der Waals surface area contributed by atoms with Crippen molar-refractivity contribution in [2.24, 2.45) is 28.6 Å². The summed E-state index contributed by atoms with van der Waals surface area (Å²) in [4.78, 5) is 0. The van der Waals surface area contributed by atoms with Gasteiger partial charge >= 0.3 is 0 Å². The first-order valence-corrected chi connectivity index (χ1v) is 8.29. The van der Waals surface area contributed by atoms with Gasteiger partial charge in [-0.1, -0.05) is 6.92 Å². The van der Waals surface area contributed by atoms with Crippen LogP contribution in [0.5, 0.6) is 0 Å². The first-order chi connectivity index (χ1) is 9.72. The van der Waals surface area contributed by atoms with Gasteiger partial charge in [0, 0.05) is 29.3 Å². The van der Waals surface area contributed by atoms with Gasteiger partial charge in [0.15, 0.2) is 5.79 Å². The molecule has 4 heterocycles. The van der Waals surface area contributed by atoms with Gasteiger partial charge in [0.2, 0.25) is 0 Å². The summed E-state index contributed by atoms with van der Waals surface area (Å²) < 4.78 is 25.5. The molecule has 0 aromatic rings. The van der Waals surface area contributed by atoms with E-state index in [0.717, 1.165) is 32.7 Å². The van der Waals surface area contributed by atoms with Crippen LogP contribution in [-0.4, -0.2) is 43.4 Å². The number of rotatable bonds is 0. The minimum Gasteiger partial charge on any atom is -0.377 e. The molecule has 4 heteroatoms. The molecule has 2 spiro atoms. The lowest BCUT2D eigenvalue weighted by Gasteiger charge is -2.41. The van der Waals surface area contributed by atoms with Gasteiger partial charge in [0.25, 0.3) is 0 Å². The van der Waals surface area contributed by atoms with Crippen LogP contribution in [0.3, 0.4) is 0 Å². The largest absolute Gasteiger partial charge is 0.377 e. The van der Waals surface area contributed by atoms with Crippen LogP contribution >= 0.6 is 0 Å². The Balaban J connectivity index is 1.53. The molecule has 3 saturated carbocycles. The Morgan fingerprint density at radius 2 is 2.10 bits per heavy atom. The Kier molecular flexibility index (Phi) is 1.33. The van der Waals surface area contributed by atoms with Gasteiger partial charge < -0.3 is 18.9 Å². The van der Waals surface area contributed by atoms with Crippen molar-refractivity contribution in [1.82, 2.24) is 0 Å². The van der Waals surface area contributed by atoms with E-state index >= 15 is 0 Å². The van der Waals surface area contributed by atoms with Crippen molar-refractivity contribution in [2.45, 2.75) is 49.8 Å². The van der Waals surface area contributed by atoms with E-state index in [1.807, 2.05) is 0 Å². The molecule has 3 aliphatic carbocycles. The van der Waals surface area contributed by atoms with E-state index < -0.39 is 0 Å². The molecule has 0 aromatic heterocycles. The minimum atomic E-state index is -0.208. The van der Waals surface area contributed by atoms with Gasteiger partial charge in [-0.3, -0.25) is 0 Å². The summed E-state index contributed by atoms with van der Waals surface area (Å²) in [5.74, 6) is 1.51. The molecule has 9 atom stereocenters. The molecule has 4 saturated heterocycles. The van der Waals surface area contributed by atoms with E-state index in [0.29, 0.717) is 30.0 Å². The fourth-order valence-corrected chi connectivity index (χ4v) is 8.26. The molecule has 0 N–H and O–H groups in total. The van der Waals surface area contributed by atoms with Crippen LogP contribution in [-0.2, 0) is 18.9 Å². The van der Waals surface area contributed by atoms with E-state index in [-0.39, 0.29) is 22.2 Å². The molecule has 7 fully saturated rings. The van der Waals surface area contributed by atoms with E-state index in [2.05, 4.69) is 6.92 Å². The third-order valence-corrected chi connectivity index (χ3v) is 8.44. The summed E-state index contributed by atoms with van der Waals surface area (Å²) in [6, 6.07) is 0. The quantitative estimate of drug-likeness (QED) is 0.669. The predicted octanol–water partition coefficient (Wildman–Crippen LogP) is 1.33. The zero-order chi connectivity index (χ0) is 13.0. The summed E-state index contributed by atoms with van der Waals surface area (Å²) in [7, 11) is 0. The van der Waals surface area contributed by atoms with Crippen LogP contribution in [0.2, 0.25) is 0 Å². The molecule has 7 unspecified atom stereocenters. The van der Waals surface area contributed by atoms with Crippen molar-refractivity contribution in [1.29, 1.82) is 0 Å². The van der Waals surface area contributed by atoms with Crippen molar-refractivity contribution < 1.29 is 18.9 Å². The maximum atomic E-state index is 6.87. The summed E-state index contributed by atoms with van der Waals surface area (Å²) in [5.41, 5.74) is 0.408. The third-order valence-electron chi connectivity index (χ3n) is 8.44. The Morgan fingerprint density at radius 3 is 3.05 bits per heavy atom. The molecule has 7 rings (SSSR count). The van der Waals surface area contributed by atoms with E-state index in [1.165, 1.54) is 6.42 Å². The van der Waals surface area contributed by atoms with Crippen molar-refractivity contribution >= 4 is 0 Å². The summed E-state index contributed by atoms with van der Waals surface area (Å²) in [5, 5.41) is 0. The monoisotopic (exact) mass is 276 g/mol. The fourth-order valence-electron chi connectivity index (χ4n) is 8.26. The summed E-state index contributed by atoms with van der Waals surface area (Å²) in [6.07, 6.45) is 4.33. The average Bonchev–Trinajstić information content (AvgIpc) is 2.97. The number of hydrogen-bond acceptors (Lipinski definition) is 4. The van der Waals surface area contributed by atoms with Crippen LogP contribution in [0.15, 0.2) is 0 Å². The third kappa shape index (κ3) is 0.613. The fraction of sp³-hybridized carbons (Fsp3) is 1.00. The Labute approximate surface area is 118 Å². The molecule has 0 amide bonds. The van der Waals surface area contributed by atoms with Gasteiger partial charge in [0.1, 0.15) is 5.60 Å². The highest BCUT2D eigenvalue weighted by molar-refractivity contribution is 5.47. The van der Waals surface area contributed by atoms with Crippen molar-refractivity contribution in [3.05, 3.63) is 0 Å². The molecule has 4 aliphatic heterocycles. The summed E-state index contributed by atoms with van der Waals surface area (Å²) in [6.45, 7) is 4.89. The van der Waals surface area contributed by atoms with Gasteiger partial charge in [-0.25, -0.2) is 0 Å². The average molecular weight is 276 g/mol. The smallest absolute Gasteiger partial charge is 0.179 e. The van der Waals surface area contributed by atoms with Crippen molar-refractivity contribution in [2.75, 3.05) is 19.8 Å². The Morgan fingerprint density at radius 1 is 1.15 bits per heavy atom. The number of ether oxygens (including phenoxy) is 4. The highest BCUT2D eigenvalue weighted by atomic mass is 16.8. The normalized spacial score (nSPS) is 77.5. The molecule has 4 nitrogen and oxygen atoms in total. The first-order valence-electron chi connectivity index (χ1n) is 8.29. The molecule has 7 aliphatic rings. The topological polar surface area (TPSA) is 36.9 Å².